The number of piperidine rings is 1. The summed E-state index contributed by atoms with van der Waals surface area (Å²) >= 11 is 0. The van der Waals surface area contributed by atoms with Gasteiger partial charge < -0.3 is 14.8 Å². The van der Waals surface area contributed by atoms with Crippen molar-refractivity contribution < 1.29 is 14.6 Å². The molecule has 0 radical (unpaired) electrons. The number of hydrogen-bond acceptors (Lipinski definition) is 4. The van der Waals surface area contributed by atoms with Gasteiger partial charge in [0.2, 0.25) is 0 Å². The molecule has 0 saturated carbocycles. The maximum absolute atomic E-state index is 11.9. The minimum atomic E-state index is -0.144. The van der Waals surface area contributed by atoms with Crippen molar-refractivity contribution in [3.63, 3.8) is 0 Å². The monoisotopic (exact) mass is 342 g/mol. The number of fused-ring (bicyclic) bond motifs is 5. The SMILES string of the molecule is COC(=O)CC1CC2c3[nH]c4ccccc4c3CCN2CC1CCO. The number of carbonyl (C=O) groups excluding carboxylic acids is 1. The molecule has 1 saturated heterocycles. The first-order valence-electron chi connectivity index (χ1n) is 9.22. The highest BCUT2D eigenvalue weighted by molar-refractivity contribution is 5.85. The maximum atomic E-state index is 11.9. The van der Waals surface area contributed by atoms with Gasteiger partial charge in [-0.15, -0.1) is 0 Å². The van der Waals surface area contributed by atoms with Crippen LogP contribution in [0.1, 0.15) is 36.6 Å². The van der Waals surface area contributed by atoms with Crippen LogP contribution in [0.25, 0.3) is 10.9 Å². The normalized spacial score (nSPS) is 26.2. The van der Waals surface area contributed by atoms with E-state index in [0.717, 1.165) is 32.4 Å². The van der Waals surface area contributed by atoms with Crippen molar-refractivity contribution in [3.8, 4) is 0 Å². The Kier molecular flexibility index (Phi) is 4.52. The molecule has 1 aromatic carbocycles. The van der Waals surface area contributed by atoms with Crippen molar-refractivity contribution >= 4 is 16.9 Å². The Morgan fingerprint density at radius 3 is 3.00 bits per heavy atom. The molecule has 0 spiro atoms. The molecule has 3 heterocycles. The predicted molar refractivity (Wildman–Crippen MR) is 96.2 cm³/mol. The molecule has 5 nitrogen and oxygen atoms in total. The highest BCUT2D eigenvalue weighted by atomic mass is 16.5. The molecule has 2 N–H and O–H groups in total. The average molecular weight is 342 g/mol. The second kappa shape index (κ2) is 6.81. The van der Waals surface area contributed by atoms with Crippen molar-refractivity contribution in [2.75, 3.05) is 26.8 Å². The van der Waals surface area contributed by atoms with Crippen LogP contribution in [0.2, 0.25) is 0 Å². The van der Waals surface area contributed by atoms with E-state index < -0.39 is 0 Å². The Balaban J connectivity index is 1.65. The summed E-state index contributed by atoms with van der Waals surface area (Å²) in [6, 6.07) is 8.84. The first-order valence-corrected chi connectivity index (χ1v) is 9.22. The van der Waals surface area contributed by atoms with Gasteiger partial charge in [-0.1, -0.05) is 18.2 Å². The summed E-state index contributed by atoms with van der Waals surface area (Å²) in [6.07, 6.45) is 3.20. The zero-order valence-electron chi connectivity index (χ0n) is 14.7. The van der Waals surface area contributed by atoms with Crippen LogP contribution in [-0.4, -0.2) is 47.8 Å². The molecule has 25 heavy (non-hydrogen) atoms. The van der Waals surface area contributed by atoms with Crippen molar-refractivity contribution in [1.29, 1.82) is 0 Å². The molecule has 0 bridgehead atoms. The Labute approximate surface area is 148 Å². The number of aromatic nitrogens is 1. The third kappa shape index (κ3) is 2.96. The van der Waals surface area contributed by atoms with Crippen LogP contribution in [0.3, 0.4) is 0 Å². The van der Waals surface area contributed by atoms with Crippen LogP contribution >= 0.6 is 0 Å². The molecule has 134 valence electrons. The largest absolute Gasteiger partial charge is 0.469 e. The van der Waals surface area contributed by atoms with Gasteiger partial charge in [0.15, 0.2) is 0 Å². The van der Waals surface area contributed by atoms with Gasteiger partial charge in [-0.3, -0.25) is 9.69 Å². The lowest BCUT2D eigenvalue weighted by Crippen LogP contribution is -2.46. The molecule has 3 atom stereocenters. The number of nitrogens with zero attached hydrogens (tertiary/aromatic N) is 1. The minimum Gasteiger partial charge on any atom is -0.469 e. The van der Waals surface area contributed by atoms with Gasteiger partial charge in [0.05, 0.1) is 13.2 Å². The number of aromatic amines is 1. The van der Waals surface area contributed by atoms with Crippen molar-refractivity contribution in [2.24, 2.45) is 11.8 Å². The molecule has 0 amide bonds. The summed E-state index contributed by atoms with van der Waals surface area (Å²) in [6.45, 7) is 2.17. The predicted octanol–water partition coefficient (Wildman–Crippen LogP) is 2.65. The number of rotatable bonds is 4. The summed E-state index contributed by atoms with van der Waals surface area (Å²) in [5, 5.41) is 10.8. The van der Waals surface area contributed by atoms with Gasteiger partial charge in [0.1, 0.15) is 0 Å². The van der Waals surface area contributed by atoms with Crippen LogP contribution in [-0.2, 0) is 16.0 Å². The molecule has 0 aliphatic carbocycles. The summed E-state index contributed by atoms with van der Waals surface area (Å²) in [5.41, 5.74) is 3.97. The first-order chi connectivity index (χ1) is 12.2. The number of aliphatic hydroxyl groups is 1. The van der Waals surface area contributed by atoms with Gasteiger partial charge in [0.25, 0.3) is 0 Å². The van der Waals surface area contributed by atoms with E-state index in [0.29, 0.717) is 18.4 Å². The molecule has 1 fully saturated rings. The molecule has 4 rings (SSSR count). The number of H-pyrrole nitrogens is 1. The lowest BCUT2D eigenvalue weighted by molar-refractivity contribution is -0.143. The minimum absolute atomic E-state index is 0.144. The maximum Gasteiger partial charge on any atom is 0.305 e. The van der Waals surface area contributed by atoms with Crippen LogP contribution in [0.5, 0.6) is 0 Å². The number of para-hydroxylation sites is 1. The summed E-state index contributed by atoms with van der Waals surface area (Å²) in [5.74, 6) is 0.471. The lowest BCUT2D eigenvalue weighted by Gasteiger charge is -2.46. The van der Waals surface area contributed by atoms with Crippen LogP contribution < -0.4 is 0 Å². The zero-order chi connectivity index (χ0) is 17.4. The number of carbonyl (C=O) groups is 1. The lowest BCUT2D eigenvalue weighted by atomic mass is 9.75. The third-order valence-electron chi connectivity index (χ3n) is 6.09. The molecular weight excluding hydrogens is 316 g/mol. The van der Waals surface area contributed by atoms with E-state index in [4.69, 9.17) is 4.74 Å². The van der Waals surface area contributed by atoms with Gasteiger partial charge in [-0.2, -0.15) is 0 Å². The number of ether oxygens (including phenoxy) is 1. The molecule has 2 aliphatic rings. The zero-order valence-corrected chi connectivity index (χ0v) is 14.7. The highest BCUT2D eigenvalue weighted by Crippen LogP contribution is 2.44. The van der Waals surface area contributed by atoms with Crippen molar-refractivity contribution in [1.82, 2.24) is 9.88 Å². The number of methoxy groups -OCH3 is 1. The fourth-order valence-corrected chi connectivity index (χ4v) is 4.82. The Morgan fingerprint density at radius 2 is 2.20 bits per heavy atom. The van der Waals surface area contributed by atoms with E-state index in [1.54, 1.807) is 0 Å². The van der Waals surface area contributed by atoms with E-state index in [9.17, 15) is 9.90 Å². The second-order valence-corrected chi connectivity index (χ2v) is 7.37. The molecular formula is C20H26N2O3. The fourth-order valence-electron chi connectivity index (χ4n) is 4.82. The number of benzene rings is 1. The highest BCUT2D eigenvalue weighted by Gasteiger charge is 2.40. The third-order valence-corrected chi connectivity index (χ3v) is 6.09. The van der Waals surface area contributed by atoms with Gasteiger partial charge in [-0.25, -0.2) is 0 Å². The number of aliphatic hydroxyl groups excluding tert-OH is 1. The van der Waals surface area contributed by atoms with Gasteiger partial charge in [0, 0.05) is 42.7 Å². The van der Waals surface area contributed by atoms with Gasteiger partial charge >= 0.3 is 5.97 Å². The van der Waals surface area contributed by atoms with Gasteiger partial charge in [-0.05, 0) is 42.7 Å². The molecule has 2 aromatic rings. The van der Waals surface area contributed by atoms with E-state index >= 15 is 0 Å². The summed E-state index contributed by atoms with van der Waals surface area (Å²) < 4.78 is 4.91. The topological polar surface area (TPSA) is 65.6 Å². The second-order valence-electron chi connectivity index (χ2n) is 7.37. The van der Waals surface area contributed by atoms with E-state index in [-0.39, 0.29) is 18.5 Å². The molecule has 2 aliphatic heterocycles. The number of esters is 1. The molecule has 5 heteroatoms. The molecule has 1 aromatic heterocycles. The van der Waals surface area contributed by atoms with E-state index in [1.165, 1.54) is 29.3 Å². The quantitative estimate of drug-likeness (QED) is 0.839. The fraction of sp³-hybridized carbons (Fsp3) is 0.550. The van der Waals surface area contributed by atoms with Crippen LogP contribution in [0, 0.1) is 11.8 Å². The summed E-state index contributed by atoms with van der Waals surface area (Å²) in [7, 11) is 1.45. The Hall–Kier alpha value is -1.85. The van der Waals surface area contributed by atoms with Crippen molar-refractivity contribution in [2.45, 2.75) is 31.7 Å². The first kappa shape index (κ1) is 16.6. The standard InChI is InChI=1S/C20H26N2O3/c1-25-19(24)11-14-10-18-20-16(15-4-2-3-5-17(15)21-20)6-8-22(18)12-13(14)7-9-23/h2-5,13-14,18,21,23H,6-12H2,1H3. The summed E-state index contributed by atoms with van der Waals surface area (Å²) in [4.78, 5) is 18.0. The van der Waals surface area contributed by atoms with Crippen LogP contribution in [0.4, 0.5) is 0 Å². The molecule has 3 unspecified atom stereocenters. The van der Waals surface area contributed by atoms with Crippen molar-refractivity contribution in [3.05, 3.63) is 35.5 Å². The average Bonchev–Trinajstić information content (AvgIpc) is 3.01. The van der Waals surface area contributed by atoms with E-state index in [2.05, 4.69) is 34.1 Å². The number of hydrogen-bond donors (Lipinski definition) is 2. The van der Waals surface area contributed by atoms with Crippen LogP contribution in [0.15, 0.2) is 24.3 Å². The number of nitrogens with one attached hydrogen (secondary N) is 1. The Bertz CT molecular complexity index is 769. The Morgan fingerprint density at radius 1 is 1.36 bits per heavy atom. The smallest absolute Gasteiger partial charge is 0.305 e. The van der Waals surface area contributed by atoms with E-state index in [1.807, 2.05) is 0 Å².